The van der Waals surface area contributed by atoms with Gasteiger partial charge in [0.2, 0.25) is 5.78 Å². The van der Waals surface area contributed by atoms with Gasteiger partial charge in [-0.25, -0.2) is 0 Å². The fourth-order valence-corrected chi connectivity index (χ4v) is 0.582. The Bertz CT molecular complexity index is 255. The Morgan fingerprint density at radius 1 is 1.45 bits per heavy atom. The van der Waals surface area contributed by atoms with Gasteiger partial charge in [0.05, 0.1) is 5.69 Å². The number of Topliss-reactive ketones (excluding diaryl/α,β-unsaturated/α-hetero) is 1. The zero-order chi connectivity index (χ0) is 7.56. The molecule has 0 saturated carbocycles. The van der Waals surface area contributed by atoms with Gasteiger partial charge < -0.3 is 14.9 Å². The Morgan fingerprint density at radius 3 is 2.45 bits per heavy atom. The summed E-state index contributed by atoms with van der Waals surface area (Å²) in [5, 5.41) is 9.92. The molecular weight excluding hydrogens is 173 g/mol. The normalized spacial score (nSPS) is 8.36. The Hall–Kier alpha value is 0.0564. The van der Waals surface area contributed by atoms with Crippen LogP contribution in [0.3, 0.4) is 0 Å². The van der Waals surface area contributed by atoms with Crippen LogP contribution in [-0.2, 0) is 4.79 Å². The summed E-state index contributed by atoms with van der Waals surface area (Å²) in [6.45, 7) is 0. The summed E-state index contributed by atoms with van der Waals surface area (Å²) in [7, 11) is 0. The number of rotatable bonds is 2. The molecule has 0 aliphatic heterocycles. The third-order valence-corrected chi connectivity index (χ3v) is 1.03. The van der Waals surface area contributed by atoms with Crippen molar-refractivity contribution < 1.29 is 66.1 Å². The molecule has 1 rings (SSSR count). The minimum absolute atomic E-state index is 0. The van der Waals surface area contributed by atoms with Crippen molar-refractivity contribution >= 4 is 11.8 Å². The standard InChI is InChI=1S/C6H5NO3.K/c8-5(6(9)10)4-2-1-3-7-4;/h1-3,7H,(H,9,10);/q;+1/p-1. The van der Waals surface area contributed by atoms with Crippen LogP contribution in [0.25, 0.3) is 0 Å². The van der Waals surface area contributed by atoms with Crippen molar-refractivity contribution in [3.63, 3.8) is 0 Å². The van der Waals surface area contributed by atoms with Gasteiger partial charge in [-0.3, -0.25) is 4.79 Å². The summed E-state index contributed by atoms with van der Waals surface area (Å²) >= 11 is 0. The van der Waals surface area contributed by atoms with Crippen molar-refractivity contribution in [3.8, 4) is 0 Å². The predicted molar refractivity (Wildman–Crippen MR) is 30.1 cm³/mol. The SMILES string of the molecule is O=C([O-])C(=O)c1ccc[nH]1.[K+]. The molecule has 0 amide bonds. The molecule has 5 heteroatoms. The molecule has 0 aromatic carbocycles. The first-order valence-electron chi connectivity index (χ1n) is 2.61. The molecule has 0 radical (unpaired) electrons. The molecule has 0 bridgehead atoms. The number of hydrogen-bond donors (Lipinski definition) is 1. The summed E-state index contributed by atoms with van der Waals surface area (Å²) in [5.41, 5.74) is 0.0417. The van der Waals surface area contributed by atoms with Crippen LogP contribution in [0.1, 0.15) is 10.5 Å². The topological polar surface area (TPSA) is 73.0 Å². The van der Waals surface area contributed by atoms with Gasteiger partial charge in [0.15, 0.2) is 0 Å². The smallest absolute Gasteiger partial charge is 0.541 e. The Labute approximate surface area is 105 Å². The Morgan fingerprint density at radius 2 is 2.09 bits per heavy atom. The zero-order valence-electron chi connectivity index (χ0n) is 5.96. The fourth-order valence-electron chi connectivity index (χ4n) is 0.582. The van der Waals surface area contributed by atoms with Crippen LogP contribution in [0.5, 0.6) is 0 Å². The largest absolute Gasteiger partial charge is 1.00 e. The average molecular weight is 177 g/mol. The fraction of sp³-hybridized carbons (Fsp3) is 0. The number of aliphatic carboxylic acids is 1. The van der Waals surface area contributed by atoms with E-state index in [0.29, 0.717) is 0 Å². The second-order valence-corrected chi connectivity index (χ2v) is 1.70. The number of carbonyl (C=O) groups is 2. The molecule has 0 atom stereocenters. The molecule has 0 aliphatic rings. The van der Waals surface area contributed by atoms with E-state index in [1.165, 1.54) is 18.3 Å². The number of nitrogens with one attached hydrogen (secondary N) is 1. The van der Waals surface area contributed by atoms with E-state index in [4.69, 9.17) is 0 Å². The summed E-state index contributed by atoms with van der Waals surface area (Å²) in [4.78, 5) is 22.9. The number of H-pyrrole nitrogens is 1. The van der Waals surface area contributed by atoms with E-state index in [0.717, 1.165) is 0 Å². The molecular formula is C6H4KNO3. The van der Waals surface area contributed by atoms with E-state index >= 15 is 0 Å². The molecule has 0 unspecified atom stereocenters. The first-order chi connectivity index (χ1) is 4.72. The Balaban J connectivity index is 0.000001000. The molecule has 0 aliphatic carbocycles. The van der Waals surface area contributed by atoms with Crippen LogP contribution in [0, 0.1) is 0 Å². The van der Waals surface area contributed by atoms with Crippen LogP contribution in [0.15, 0.2) is 18.3 Å². The predicted octanol–water partition coefficient (Wildman–Crippen LogP) is -4.05. The summed E-state index contributed by atoms with van der Waals surface area (Å²) in [5.74, 6) is -2.72. The van der Waals surface area contributed by atoms with E-state index in [9.17, 15) is 14.7 Å². The molecule has 1 aromatic rings. The molecule has 11 heavy (non-hydrogen) atoms. The number of hydrogen-bond acceptors (Lipinski definition) is 3. The van der Waals surface area contributed by atoms with Gasteiger partial charge >= 0.3 is 51.4 Å². The number of aromatic amines is 1. The number of ketones is 1. The van der Waals surface area contributed by atoms with Gasteiger partial charge in [0.1, 0.15) is 5.97 Å². The van der Waals surface area contributed by atoms with E-state index in [1.54, 1.807) is 0 Å². The van der Waals surface area contributed by atoms with E-state index in [2.05, 4.69) is 4.98 Å². The summed E-state index contributed by atoms with van der Waals surface area (Å²) in [6.07, 6.45) is 1.47. The molecule has 1 aromatic heterocycles. The minimum atomic E-state index is -1.69. The Kier molecular flexibility index (Phi) is 4.86. The van der Waals surface area contributed by atoms with Crippen LogP contribution in [0.2, 0.25) is 0 Å². The summed E-state index contributed by atoms with van der Waals surface area (Å²) in [6, 6.07) is 2.91. The molecule has 0 saturated heterocycles. The number of carbonyl (C=O) groups excluding carboxylic acids is 2. The third kappa shape index (κ3) is 2.88. The van der Waals surface area contributed by atoms with Crippen LogP contribution in [-0.4, -0.2) is 16.7 Å². The molecule has 1 N–H and O–H groups in total. The number of carboxylic acids is 1. The second kappa shape index (κ2) is 4.84. The van der Waals surface area contributed by atoms with E-state index < -0.39 is 11.8 Å². The molecule has 1 heterocycles. The number of carboxylic acid groups (broad SMARTS) is 1. The van der Waals surface area contributed by atoms with E-state index in [-0.39, 0.29) is 57.1 Å². The van der Waals surface area contributed by atoms with Gasteiger partial charge in [0, 0.05) is 6.20 Å². The van der Waals surface area contributed by atoms with Gasteiger partial charge in [-0.05, 0) is 12.1 Å². The first kappa shape index (κ1) is 11.1. The van der Waals surface area contributed by atoms with Crippen molar-refractivity contribution in [2.75, 3.05) is 0 Å². The third-order valence-electron chi connectivity index (χ3n) is 1.03. The quantitative estimate of drug-likeness (QED) is 0.284. The maximum Gasteiger partial charge on any atom is 1.00 e. The average Bonchev–Trinajstić information content (AvgIpc) is 2.36. The van der Waals surface area contributed by atoms with Crippen LogP contribution >= 0.6 is 0 Å². The van der Waals surface area contributed by atoms with Gasteiger partial charge in [0.25, 0.3) is 0 Å². The molecule has 52 valence electrons. The van der Waals surface area contributed by atoms with Crippen molar-refractivity contribution in [1.82, 2.24) is 4.98 Å². The monoisotopic (exact) mass is 177 g/mol. The van der Waals surface area contributed by atoms with Crippen LogP contribution < -0.4 is 56.5 Å². The zero-order valence-corrected chi connectivity index (χ0v) is 9.08. The second-order valence-electron chi connectivity index (χ2n) is 1.70. The van der Waals surface area contributed by atoms with Crippen LogP contribution in [0.4, 0.5) is 0 Å². The maximum atomic E-state index is 10.5. The van der Waals surface area contributed by atoms with Crippen molar-refractivity contribution in [2.45, 2.75) is 0 Å². The van der Waals surface area contributed by atoms with Gasteiger partial charge in [-0.15, -0.1) is 0 Å². The van der Waals surface area contributed by atoms with Crippen molar-refractivity contribution in [2.24, 2.45) is 0 Å². The maximum absolute atomic E-state index is 10.5. The molecule has 0 spiro atoms. The van der Waals surface area contributed by atoms with Crippen molar-refractivity contribution in [1.29, 1.82) is 0 Å². The minimum Gasteiger partial charge on any atom is -0.541 e. The van der Waals surface area contributed by atoms with E-state index in [1.807, 2.05) is 0 Å². The molecule has 0 fully saturated rings. The van der Waals surface area contributed by atoms with Crippen molar-refractivity contribution in [3.05, 3.63) is 24.0 Å². The number of aromatic nitrogens is 1. The first-order valence-corrected chi connectivity index (χ1v) is 2.61. The van der Waals surface area contributed by atoms with Gasteiger partial charge in [-0.1, -0.05) is 0 Å². The molecule has 4 nitrogen and oxygen atoms in total. The summed E-state index contributed by atoms with van der Waals surface area (Å²) < 4.78 is 0. The van der Waals surface area contributed by atoms with Gasteiger partial charge in [-0.2, -0.15) is 0 Å².